The maximum Gasteiger partial charge on any atom is 0.168 e. The first-order valence-electron chi connectivity index (χ1n) is 9.85. The number of aryl methyl sites for hydroxylation is 2. The van der Waals surface area contributed by atoms with E-state index in [0.29, 0.717) is 6.04 Å². The van der Waals surface area contributed by atoms with E-state index in [0.717, 1.165) is 44.8 Å². The molecule has 1 aliphatic rings. The summed E-state index contributed by atoms with van der Waals surface area (Å²) in [5.74, 6) is 1.02. The molecule has 1 aliphatic heterocycles. The molecule has 0 spiro atoms. The van der Waals surface area contributed by atoms with Gasteiger partial charge in [0.05, 0.1) is 12.1 Å². The molecule has 2 aromatic rings. The molecule has 1 aromatic heterocycles. The minimum atomic E-state index is 0. The molecule has 1 saturated heterocycles. The zero-order chi connectivity index (χ0) is 18.7. The van der Waals surface area contributed by atoms with Gasteiger partial charge in [0, 0.05) is 31.9 Å². The van der Waals surface area contributed by atoms with Gasteiger partial charge in [-0.3, -0.25) is 4.90 Å². The van der Waals surface area contributed by atoms with Crippen LogP contribution in [0.15, 0.2) is 18.2 Å². The fraction of sp³-hybridized carbons (Fsp3) is 0.650. The van der Waals surface area contributed by atoms with E-state index in [1.165, 1.54) is 16.8 Å². The van der Waals surface area contributed by atoms with Gasteiger partial charge >= 0.3 is 0 Å². The van der Waals surface area contributed by atoms with Gasteiger partial charge in [0.1, 0.15) is 0 Å². The van der Waals surface area contributed by atoms with E-state index < -0.39 is 0 Å². The van der Waals surface area contributed by atoms with Gasteiger partial charge in [0.15, 0.2) is 5.82 Å². The molecular weight excluding hydrogens is 360 g/mol. The third kappa shape index (κ3) is 4.79. The van der Waals surface area contributed by atoms with Crippen molar-refractivity contribution in [2.45, 2.75) is 59.5 Å². The fourth-order valence-corrected chi connectivity index (χ4v) is 3.87. The lowest BCUT2D eigenvalue weighted by Crippen LogP contribution is -2.48. The molecule has 2 heterocycles. The van der Waals surface area contributed by atoms with Gasteiger partial charge in [0.25, 0.3) is 0 Å². The van der Waals surface area contributed by atoms with Crippen molar-refractivity contribution in [1.82, 2.24) is 25.1 Å². The average molecular weight is 393 g/mol. The minimum Gasteiger partial charge on any atom is -0.369 e. The average Bonchev–Trinajstić information content (AvgIpc) is 3.12. The zero-order valence-electron chi connectivity index (χ0n) is 17.2. The summed E-state index contributed by atoms with van der Waals surface area (Å²) in [5, 5.41) is 12.5. The van der Waals surface area contributed by atoms with Gasteiger partial charge in [0.2, 0.25) is 0 Å². The fourth-order valence-electron chi connectivity index (χ4n) is 3.87. The van der Waals surface area contributed by atoms with E-state index >= 15 is 0 Å². The number of rotatable bonds is 6. The van der Waals surface area contributed by atoms with Crippen molar-refractivity contribution in [3.8, 4) is 0 Å². The molecular formula is C20H33ClN6. The highest BCUT2D eigenvalue weighted by Crippen LogP contribution is 2.29. The van der Waals surface area contributed by atoms with E-state index in [-0.39, 0.29) is 18.4 Å². The van der Waals surface area contributed by atoms with E-state index in [4.69, 9.17) is 0 Å². The van der Waals surface area contributed by atoms with E-state index in [2.05, 4.69) is 78.1 Å². The Balaban J connectivity index is 0.00000261. The van der Waals surface area contributed by atoms with Crippen LogP contribution in [0.1, 0.15) is 62.6 Å². The molecule has 150 valence electrons. The van der Waals surface area contributed by atoms with Crippen molar-refractivity contribution in [1.29, 1.82) is 0 Å². The Labute approximate surface area is 169 Å². The minimum absolute atomic E-state index is 0. The zero-order valence-corrected chi connectivity index (χ0v) is 18.0. The molecule has 1 aromatic carbocycles. The van der Waals surface area contributed by atoms with Crippen molar-refractivity contribution in [2.24, 2.45) is 0 Å². The number of hydrogen-bond donors (Lipinski definition) is 0. The van der Waals surface area contributed by atoms with Crippen LogP contribution < -0.4 is 4.90 Å². The second kappa shape index (κ2) is 9.51. The van der Waals surface area contributed by atoms with Crippen molar-refractivity contribution < 1.29 is 0 Å². The van der Waals surface area contributed by atoms with Gasteiger partial charge in [-0.2, -0.15) is 0 Å². The monoisotopic (exact) mass is 392 g/mol. The van der Waals surface area contributed by atoms with Crippen LogP contribution in [0, 0.1) is 13.8 Å². The maximum absolute atomic E-state index is 4.38. The molecule has 0 saturated carbocycles. The summed E-state index contributed by atoms with van der Waals surface area (Å²) in [6.07, 6.45) is 2.23. The van der Waals surface area contributed by atoms with E-state index in [1.807, 2.05) is 4.68 Å². The predicted octanol–water partition coefficient (Wildman–Crippen LogP) is 3.96. The van der Waals surface area contributed by atoms with Crippen LogP contribution in [0.4, 0.5) is 5.69 Å². The molecule has 1 atom stereocenters. The number of nitrogens with zero attached hydrogens (tertiary/aromatic N) is 6. The number of aromatic nitrogens is 4. The SMILES string of the molecule is CCCC(c1nnnn1C(C)C)N1CCN(c2cc(C)ccc2C)CC1.Cl. The summed E-state index contributed by atoms with van der Waals surface area (Å²) in [5.41, 5.74) is 4.06. The van der Waals surface area contributed by atoms with Crippen molar-refractivity contribution in [2.75, 3.05) is 31.1 Å². The van der Waals surface area contributed by atoms with Gasteiger partial charge in [-0.05, 0) is 61.7 Å². The Morgan fingerprint density at radius 2 is 1.78 bits per heavy atom. The number of anilines is 1. The van der Waals surface area contributed by atoms with Gasteiger partial charge < -0.3 is 4.90 Å². The molecule has 0 bridgehead atoms. The molecule has 6 nitrogen and oxygen atoms in total. The topological polar surface area (TPSA) is 50.1 Å². The number of piperazine rings is 1. The Kier molecular flexibility index (Phi) is 7.62. The number of hydrogen-bond acceptors (Lipinski definition) is 5. The lowest BCUT2D eigenvalue weighted by molar-refractivity contribution is 0.162. The van der Waals surface area contributed by atoms with Crippen LogP contribution in [0.3, 0.4) is 0 Å². The highest BCUT2D eigenvalue weighted by Gasteiger charge is 2.29. The molecule has 3 rings (SSSR count). The van der Waals surface area contributed by atoms with Crippen LogP contribution in [-0.4, -0.2) is 51.3 Å². The van der Waals surface area contributed by atoms with E-state index in [1.54, 1.807) is 0 Å². The smallest absolute Gasteiger partial charge is 0.168 e. The summed E-state index contributed by atoms with van der Waals surface area (Å²) in [6, 6.07) is 7.33. The van der Waals surface area contributed by atoms with Crippen LogP contribution in [0.25, 0.3) is 0 Å². The molecule has 27 heavy (non-hydrogen) atoms. The molecule has 0 radical (unpaired) electrons. The summed E-state index contributed by atoms with van der Waals surface area (Å²) in [6.45, 7) is 15.1. The first kappa shape index (κ1) is 21.6. The maximum atomic E-state index is 4.38. The number of tetrazole rings is 1. The molecule has 0 aliphatic carbocycles. The molecule has 0 N–H and O–H groups in total. The quantitative estimate of drug-likeness (QED) is 0.744. The van der Waals surface area contributed by atoms with Crippen molar-refractivity contribution in [3.05, 3.63) is 35.2 Å². The lowest BCUT2D eigenvalue weighted by Gasteiger charge is -2.40. The normalized spacial score (nSPS) is 16.4. The summed E-state index contributed by atoms with van der Waals surface area (Å²) >= 11 is 0. The number of halogens is 1. The molecule has 1 fully saturated rings. The summed E-state index contributed by atoms with van der Waals surface area (Å²) in [4.78, 5) is 5.09. The highest BCUT2D eigenvalue weighted by molar-refractivity contribution is 5.85. The molecule has 0 amide bonds. The Morgan fingerprint density at radius 3 is 2.41 bits per heavy atom. The van der Waals surface area contributed by atoms with Gasteiger partial charge in [-0.25, -0.2) is 4.68 Å². The Hall–Kier alpha value is -1.66. The first-order chi connectivity index (χ1) is 12.5. The van der Waals surface area contributed by atoms with E-state index in [9.17, 15) is 0 Å². The van der Waals surface area contributed by atoms with Crippen molar-refractivity contribution in [3.63, 3.8) is 0 Å². The third-order valence-electron chi connectivity index (χ3n) is 5.33. The molecule has 1 unspecified atom stereocenters. The highest BCUT2D eigenvalue weighted by atomic mass is 35.5. The van der Waals surface area contributed by atoms with Crippen LogP contribution in [-0.2, 0) is 0 Å². The Bertz CT molecular complexity index is 721. The standard InChI is InChI=1S/C20H32N6.ClH/c1-6-7-18(20-21-22-23-26(20)15(2)3)24-10-12-25(13-11-24)19-14-16(4)8-9-17(19)5;/h8-9,14-15,18H,6-7,10-13H2,1-5H3;1H. The van der Waals surface area contributed by atoms with Crippen LogP contribution in [0.2, 0.25) is 0 Å². The lowest BCUT2D eigenvalue weighted by atomic mass is 10.1. The predicted molar refractivity (Wildman–Crippen MR) is 113 cm³/mol. The third-order valence-corrected chi connectivity index (χ3v) is 5.33. The second-order valence-corrected chi connectivity index (χ2v) is 7.69. The Morgan fingerprint density at radius 1 is 1.07 bits per heavy atom. The summed E-state index contributed by atoms with van der Waals surface area (Å²) < 4.78 is 1.98. The van der Waals surface area contributed by atoms with Gasteiger partial charge in [-0.15, -0.1) is 17.5 Å². The largest absolute Gasteiger partial charge is 0.369 e. The first-order valence-corrected chi connectivity index (χ1v) is 9.85. The number of benzene rings is 1. The summed E-state index contributed by atoms with van der Waals surface area (Å²) in [7, 11) is 0. The van der Waals surface area contributed by atoms with Crippen molar-refractivity contribution >= 4 is 18.1 Å². The molecule has 7 heteroatoms. The van der Waals surface area contributed by atoms with Gasteiger partial charge in [-0.1, -0.05) is 25.5 Å². The second-order valence-electron chi connectivity index (χ2n) is 7.69. The van der Waals surface area contributed by atoms with Crippen LogP contribution in [0.5, 0.6) is 0 Å². The van der Waals surface area contributed by atoms with Crippen LogP contribution >= 0.6 is 12.4 Å².